The lowest BCUT2D eigenvalue weighted by Gasteiger charge is -2.36. The summed E-state index contributed by atoms with van der Waals surface area (Å²) in [6.07, 6.45) is 4.99. The molecule has 34 heavy (non-hydrogen) atoms. The average Bonchev–Trinajstić information content (AvgIpc) is 3.27. The Hall–Kier alpha value is -3.79. The summed E-state index contributed by atoms with van der Waals surface area (Å²) in [5.41, 5.74) is 1.23. The molecule has 1 aromatic carbocycles. The number of hydrogen-bond donors (Lipinski definition) is 1. The molecule has 1 fully saturated rings. The van der Waals surface area contributed by atoms with Crippen LogP contribution in [0.1, 0.15) is 5.56 Å². The van der Waals surface area contributed by atoms with E-state index < -0.39 is 5.82 Å². The molecule has 1 N–H and O–H groups in total. The van der Waals surface area contributed by atoms with E-state index in [0.717, 1.165) is 43.2 Å². The number of halogens is 2. The van der Waals surface area contributed by atoms with Crippen LogP contribution in [0.5, 0.6) is 0 Å². The number of carbonyl (C=O) groups is 1. The molecule has 9 nitrogen and oxygen atoms in total. The van der Waals surface area contributed by atoms with Crippen LogP contribution in [-0.4, -0.2) is 56.8 Å². The minimum absolute atomic E-state index is 0.00772. The number of carbonyl (C=O) groups excluding carboxylic acids is 1. The summed E-state index contributed by atoms with van der Waals surface area (Å²) in [5.74, 6) is 1.09. The number of nitrogens with one attached hydrogen (secondary N) is 1. The first-order valence-electron chi connectivity index (χ1n) is 10.9. The summed E-state index contributed by atoms with van der Waals surface area (Å²) in [6, 6.07) is 9.99. The zero-order valence-electron chi connectivity index (χ0n) is 18.2. The van der Waals surface area contributed by atoms with Crippen LogP contribution in [0.15, 0.2) is 55.1 Å². The fourth-order valence-electron chi connectivity index (χ4n) is 3.99. The Bertz CT molecular complexity index is 1310. The zero-order chi connectivity index (χ0) is 23.5. The molecule has 3 aromatic heterocycles. The van der Waals surface area contributed by atoms with E-state index in [1.165, 1.54) is 18.5 Å². The van der Waals surface area contributed by atoms with Crippen molar-refractivity contribution in [2.45, 2.75) is 13.1 Å². The second-order valence-corrected chi connectivity index (χ2v) is 8.32. The number of nitrogens with zero attached hydrogens (tertiary/aromatic N) is 7. The van der Waals surface area contributed by atoms with Crippen LogP contribution >= 0.6 is 11.6 Å². The third-order valence-electron chi connectivity index (χ3n) is 5.75. The zero-order valence-corrected chi connectivity index (χ0v) is 19.0. The lowest BCUT2D eigenvalue weighted by atomic mass is 10.2. The fourth-order valence-corrected chi connectivity index (χ4v) is 4.22. The van der Waals surface area contributed by atoms with E-state index in [2.05, 4.69) is 35.2 Å². The van der Waals surface area contributed by atoms with E-state index in [9.17, 15) is 9.18 Å². The molecule has 0 atom stereocenters. The summed E-state index contributed by atoms with van der Waals surface area (Å²) < 4.78 is 14.8. The van der Waals surface area contributed by atoms with Crippen molar-refractivity contribution >= 4 is 40.2 Å². The second-order valence-electron chi connectivity index (χ2n) is 7.91. The van der Waals surface area contributed by atoms with Crippen molar-refractivity contribution < 1.29 is 9.18 Å². The largest absolute Gasteiger partial charge is 0.353 e. The van der Waals surface area contributed by atoms with Gasteiger partial charge in [0.2, 0.25) is 5.91 Å². The van der Waals surface area contributed by atoms with E-state index in [0.29, 0.717) is 11.2 Å². The summed E-state index contributed by atoms with van der Waals surface area (Å²) >= 11 is 6.03. The molecule has 4 aromatic rings. The molecule has 0 unspecified atom stereocenters. The number of aromatic nitrogens is 5. The number of piperazine rings is 1. The minimum Gasteiger partial charge on any atom is -0.353 e. The number of pyridine rings is 1. The molecule has 1 aliphatic rings. The topological polar surface area (TPSA) is 92.1 Å². The van der Waals surface area contributed by atoms with Crippen LogP contribution in [0.2, 0.25) is 5.02 Å². The smallest absolute Gasteiger partial charge is 0.242 e. The lowest BCUT2D eigenvalue weighted by molar-refractivity contribution is -0.121. The number of benzene rings is 1. The van der Waals surface area contributed by atoms with Crippen LogP contribution in [0.25, 0.3) is 11.0 Å². The number of fused-ring (bicyclic) bond motifs is 1. The standard InChI is InChI=1S/C23H22ClFN8O/c24-19-11-17(25)5-4-16(19)12-27-21(34)14-33-23-18(13-30-33)22(28-15-29-23)32-9-7-31(8-10-32)20-3-1-2-6-26-20/h1-6,11,13,15H,7-10,12,14H2,(H,27,34). The molecule has 5 rings (SSSR count). The molecule has 0 bridgehead atoms. The highest BCUT2D eigenvalue weighted by Gasteiger charge is 2.22. The first-order valence-corrected chi connectivity index (χ1v) is 11.2. The van der Waals surface area contributed by atoms with E-state index in [-0.39, 0.29) is 24.0 Å². The normalized spacial score (nSPS) is 13.9. The second kappa shape index (κ2) is 9.60. The maximum Gasteiger partial charge on any atom is 0.242 e. The SMILES string of the molecule is O=C(Cn1ncc2c(N3CCN(c4ccccn4)CC3)ncnc21)NCc1ccc(F)cc1Cl. The summed E-state index contributed by atoms with van der Waals surface area (Å²) in [7, 11) is 0. The average molecular weight is 481 g/mol. The Morgan fingerprint density at radius 1 is 1.06 bits per heavy atom. The molecule has 1 aliphatic heterocycles. The number of rotatable bonds is 6. The van der Waals surface area contributed by atoms with Crippen molar-refractivity contribution in [3.63, 3.8) is 0 Å². The van der Waals surface area contributed by atoms with Gasteiger partial charge in [-0.1, -0.05) is 23.7 Å². The predicted molar refractivity (Wildman–Crippen MR) is 127 cm³/mol. The van der Waals surface area contributed by atoms with E-state index in [1.807, 2.05) is 18.2 Å². The number of amides is 1. The van der Waals surface area contributed by atoms with Gasteiger partial charge in [-0.05, 0) is 29.8 Å². The van der Waals surface area contributed by atoms with Gasteiger partial charge in [0.15, 0.2) is 5.65 Å². The van der Waals surface area contributed by atoms with Crippen LogP contribution in [-0.2, 0) is 17.9 Å². The van der Waals surface area contributed by atoms with Crippen LogP contribution in [0, 0.1) is 5.82 Å². The first-order chi connectivity index (χ1) is 16.6. The van der Waals surface area contributed by atoms with Crippen LogP contribution in [0.4, 0.5) is 16.0 Å². The molecule has 0 aliphatic carbocycles. The quantitative estimate of drug-likeness (QED) is 0.453. The van der Waals surface area contributed by atoms with Crippen molar-refractivity contribution in [3.05, 3.63) is 71.5 Å². The van der Waals surface area contributed by atoms with E-state index >= 15 is 0 Å². The maximum atomic E-state index is 13.2. The molecule has 4 heterocycles. The first kappa shape index (κ1) is 22.0. The lowest BCUT2D eigenvalue weighted by Crippen LogP contribution is -2.47. The number of hydrogen-bond acceptors (Lipinski definition) is 7. The summed E-state index contributed by atoms with van der Waals surface area (Å²) in [4.78, 5) is 30.2. The van der Waals surface area contributed by atoms with Gasteiger partial charge >= 0.3 is 0 Å². The van der Waals surface area contributed by atoms with Crippen LogP contribution in [0.3, 0.4) is 0 Å². The molecule has 0 spiro atoms. The Labute approximate surface area is 200 Å². The highest BCUT2D eigenvalue weighted by molar-refractivity contribution is 6.31. The summed E-state index contributed by atoms with van der Waals surface area (Å²) in [5, 5.41) is 8.22. The fraction of sp³-hybridized carbons (Fsp3) is 0.261. The van der Waals surface area contributed by atoms with Gasteiger partial charge in [0, 0.05) is 43.9 Å². The van der Waals surface area contributed by atoms with Crippen LogP contribution < -0.4 is 15.1 Å². The molecule has 1 amide bonds. The van der Waals surface area contributed by atoms with Crippen molar-refractivity contribution in [2.24, 2.45) is 0 Å². The molecular formula is C23H22ClFN8O. The van der Waals surface area contributed by atoms with Crippen molar-refractivity contribution in [3.8, 4) is 0 Å². The Kier molecular flexibility index (Phi) is 6.22. The molecule has 174 valence electrons. The van der Waals surface area contributed by atoms with Gasteiger partial charge in [-0.2, -0.15) is 5.10 Å². The predicted octanol–water partition coefficient (Wildman–Crippen LogP) is 2.66. The summed E-state index contributed by atoms with van der Waals surface area (Å²) in [6.45, 7) is 3.40. The molecular weight excluding hydrogens is 459 g/mol. The van der Waals surface area contributed by atoms with Crippen molar-refractivity contribution in [1.82, 2.24) is 30.0 Å². The third kappa shape index (κ3) is 4.62. The van der Waals surface area contributed by atoms with E-state index in [4.69, 9.17) is 11.6 Å². The molecule has 0 radical (unpaired) electrons. The van der Waals surface area contributed by atoms with E-state index in [1.54, 1.807) is 23.1 Å². The minimum atomic E-state index is -0.420. The van der Waals surface area contributed by atoms with Crippen molar-refractivity contribution in [1.29, 1.82) is 0 Å². The van der Waals surface area contributed by atoms with Gasteiger partial charge in [0.05, 0.1) is 11.6 Å². The Balaban J connectivity index is 1.25. The van der Waals surface area contributed by atoms with Gasteiger partial charge < -0.3 is 15.1 Å². The molecule has 11 heteroatoms. The Morgan fingerprint density at radius 2 is 1.88 bits per heavy atom. The van der Waals surface area contributed by atoms with Crippen molar-refractivity contribution in [2.75, 3.05) is 36.0 Å². The third-order valence-corrected chi connectivity index (χ3v) is 6.10. The van der Waals surface area contributed by atoms with Gasteiger partial charge in [-0.25, -0.2) is 24.0 Å². The van der Waals surface area contributed by atoms with Gasteiger partial charge in [-0.3, -0.25) is 4.79 Å². The molecule has 1 saturated heterocycles. The molecule has 0 saturated carbocycles. The van der Waals surface area contributed by atoms with Gasteiger partial charge in [-0.15, -0.1) is 0 Å². The monoisotopic (exact) mass is 480 g/mol. The Morgan fingerprint density at radius 3 is 2.65 bits per heavy atom. The van der Waals surface area contributed by atoms with Gasteiger partial charge in [0.25, 0.3) is 0 Å². The highest BCUT2D eigenvalue weighted by atomic mass is 35.5. The highest BCUT2D eigenvalue weighted by Crippen LogP contribution is 2.24. The van der Waals surface area contributed by atoms with Gasteiger partial charge in [0.1, 0.15) is 30.3 Å². The maximum absolute atomic E-state index is 13.2. The number of anilines is 2.